The maximum Gasteiger partial charge on any atom is 0.176 e. The summed E-state index contributed by atoms with van der Waals surface area (Å²) in [6.07, 6.45) is 0. The second-order valence-electron chi connectivity index (χ2n) is 3.15. The van der Waals surface area contributed by atoms with Crippen LogP contribution >= 0.6 is 71.0 Å². The second-order valence-corrected chi connectivity index (χ2v) is 10.8. The van der Waals surface area contributed by atoms with Crippen molar-refractivity contribution in [3.63, 3.8) is 0 Å². The number of aromatic nitrogens is 1. The Bertz CT molecular complexity index is 551. The number of alkyl halides is 3. The summed E-state index contributed by atoms with van der Waals surface area (Å²) in [5.74, 6) is 0. The molecule has 0 aliphatic carbocycles. The zero-order chi connectivity index (χ0) is 11.9. The Morgan fingerprint density at radius 2 is 1.75 bits per heavy atom. The fraction of sp³-hybridized carbons (Fsp3) is 0.100. The minimum Gasteiger partial charge on any atom is -0.249 e. The van der Waals surface area contributed by atoms with Crippen LogP contribution in [0.1, 0.15) is 5.69 Å². The molecule has 1 nitrogen and oxygen atoms in total. The molecule has 0 atom stereocenters. The molecule has 84 valence electrons. The van der Waals surface area contributed by atoms with Crippen molar-refractivity contribution in [2.24, 2.45) is 0 Å². The molecule has 0 saturated heterocycles. The predicted octanol–water partition coefficient (Wildman–Crippen LogP) is 5.84. The first kappa shape index (κ1) is 13.1. The van der Waals surface area contributed by atoms with Crippen molar-refractivity contribution in [2.45, 2.75) is 2.14 Å². The standard InChI is InChI=1S/C10H4Br3Cl2N/c11-10(12,13)9-4-7(15)6-2-1-5(14)3-8(6)16-9/h1-4H. The van der Waals surface area contributed by atoms with E-state index in [1.165, 1.54) is 0 Å². The van der Waals surface area contributed by atoms with Gasteiger partial charge in [-0.2, -0.15) is 0 Å². The number of nitrogens with zero attached hydrogens (tertiary/aromatic N) is 1. The normalized spacial score (nSPS) is 12.1. The van der Waals surface area contributed by atoms with Crippen molar-refractivity contribution in [1.29, 1.82) is 0 Å². The summed E-state index contributed by atoms with van der Waals surface area (Å²) in [5, 5.41) is 2.16. The molecule has 0 bridgehead atoms. The molecule has 1 aromatic carbocycles. The first-order valence-corrected chi connectivity index (χ1v) is 7.34. The lowest BCUT2D eigenvalue weighted by Crippen LogP contribution is -2.01. The lowest BCUT2D eigenvalue weighted by molar-refractivity contribution is 1.20. The smallest absolute Gasteiger partial charge is 0.176 e. The van der Waals surface area contributed by atoms with Crippen LogP contribution in [0.2, 0.25) is 10.0 Å². The number of halogens is 5. The Hall–Kier alpha value is 0.650. The highest BCUT2D eigenvalue weighted by Crippen LogP contribution is 2.44. The van der Waals surface area contributed by atoms with Crippen molar-refractivity contribution in [3.05, 3.63) is 40.0 Å². The quantitative estimate of drug-likeness (QED) is 0.462. The maximum absolute atomic E-state index is 6.17. The van der Waals surface area contributed by atoms with Crippen LogP contribution in [0.15, 0.2) is 24.3 Å². The van der Waals surface area contributed by atoms with Gasteiger partial charge in [-0.15, -0.1) is 0 Å². The van der Waals surface area contributed by atoms with E-state index in [9.17, 15) is 0 Å². The van der Waals surface area contributed by atoms with E-state index >= 15 is 0 Å². The molecule has 0 amide bonds. The summed E-state index contributed by atoms with van der Waals surface area (Å²) in [7, 11) is 0. The monoisotopic (exact) mass is 445 g/mol. The molecule has 0 radical (unpaired) electrons. The zero-order valence-electron chi connectivity index (χ0n) is 7.65. The molecular formula is C10H4Br3Cl2N. The number of fused-ring (bicyclic) bond motifs is 1. The number of pyridine rings is 1. The summed E-state index contributed by atoms with van der Waals surface area (Å²) in [5.41, 5.74) is 1.49. The fourth-order valence-electron chi connectivity index (χ4n) is 1.30. The molecule has 2 rings (SSSR count). The van der Waals surface area contributed by atoms with E-state index in [2.05, 4.69) is 52.8 Å². The Balaban J connectivity index is 2.75. The van der Waals surface area contributed by atoms with Crippen LogP contribution in [0.5, 0.6) is 0 Å². The lowest BCUT2D eigenvalue weighted by Gasteiger charge is -2.13. The van der Waals surface area contributed by atoms with Gasteiger partial charge in [0.15, 0.2) is 2.14 Å². The van der Waals surface area contributed by atoms with Gasteiger partial charge >= 0.3 is 0 Å². The fourth-order valence-corrected chi connectivity index (χ4v) is 2.34. The van der Waals surface area contributed by atoms with Gasteiger partial charge in [0, 0.05) is 10.4 Å². The highest BCUT2D eigenvalue weighted by molar-refractivity contribution is 9.38. The largest absolute Gasteiger partial charge is 0.249 e. The van der Waals surface area contributed by atoms with Crippen molar-refractivity contribution >= 4 is 81.9 Å². The summed E-state index contributed by atoms with van der Waals surface area (Å²) < 4.78 is -0.576. The number of hydrogen-bond acceptors (Lipinski definition) is 1. The van der Waals surface area contributed by atoms with Crippen molar-refractivity contribution in [3.8, 4) is 0 Å². The highest BCUT2D eigenvalue weighted by Gasteiger charge is 2.23. The van der Waals surface area contributed by atoms with Crippen LogP contribution in [0, 0.1) is 0 Å². The Morgan fingerprint density at radius 3 is 2.38 bits per heavy atom. The third-order valence-corrected chi connectivity index (χ3v) is 3.78. The SMILES string of the molecule is Clc1ccc2c(Cl)cc(C(Br)(Br)Br)nc2c1. The van der Waals surface area contributed by atoms with E-state index in [1.807, 2.05) is 6.07 Å². The van der Waals surface area contributed by atoms with Crippen LogP contribution in [0.3, 0.4) is 0 Å². The Morgan fingerprint density at radius 1 is 1.06 bits per heavy atom. The van der Waals surface area contributed by atoms with E-state index in [-0.39, 0.29) is 0 Å². The average molecular weight is 449 g/mol. The number of rotatable bonds is 0. The van der Waals surface area contributed by atoms with Gasteiger partial charge in [0.25, 0.3) is 0 Å². The minimum atomic E-state index is -0.576. The molecule has 0 fully saturated rings. The summed E-state index contributed by atoms with van der Waals surface area (Å²) >= 11 is 22.3. The Labute approximate surface area is 128 Å². The molecule has 0 spiro atoms. The van der Waals surface area contributed by atoms with E-state index in [0.29, 0.717) is 10.0 Å². The summed E-state index contributed by atoms with van der Waals surface area (Å²) in [4.78, 5) is 4.46. The van der Waals surface area contributed by atoms with Crippen LogP contribution < -0.4 is 0 Å². The molecular weight excluding hydrogens is 445 g/mol. The van der Waals surface area contributed by atoms with Gasteiger partial charge in [0.2, 0.25) is 0 Å². The predicted molar refractivity (Wildman–Crippen MR) is 80.2 cm³/mol. The van der Waals surface area contributed by atoms with Gasteiger partial charge in [0.05, 0.1) is 16.2 Å². The topological polar surface area (TPSA) is 12.9 Å². The van der Waals surface area contributed by atoms with Gasteiger partial charge in [-0.25, -0.2) is 4.98 Å². The number of hydrogen-bond donors (Lipinski definition) is 0. The molecule has 0 saturated carbocycles. The van der Waals surface area contributed by atoms with Gasteiger partial charge in [0.1, 0.15) is 0 Å². The van der Waals surface area contributed by atoms with Crippen molar-refractivity contribution < 1.29 is 0 Å². The van der Waals surface area contributed by atoms with Gasteiger partial charge in [-0.1, -0.05) is 71.0 Å². The number of benzene rings is 1. The van der Waals surface area contributed by atoms with Gasteiger partial charge < -0.3 is 0 Å². The average Bonchev–Trinajstić information content (AvgIpc) is 2.15. The van der Waals surface area contributed by atoms with E-state index < -0.39 is 2.14 Å². The van der Waals surface area contributed by atoms with E-state index in [0.717, 1.165) is 16.6 Å². The first-order chi connectivity index (χ1) is 7.38. The first-order valence-electron chi connectivity index (χ1n) is 4.21. The van der Waals surface area contributed by atoms with Crippen LogP contribution in [0.25, 0.3) is 10.9 Å². The third-order valence-electron chi connectivity index (χ3n) is 2.01. The molecule has 0 aliphatic heterocycles. The van der Waals surface area contributed by atoms with Crippen LogP contribution in [-0.4, -0.2) is 4.98 Å². The van der Waals surface area contributed by atoms with Gasteiger partial charge in [-0.3, -0.25) is 0 Å². The van der Waals surface area contributed by atoms with Gasteiger partial charge in [-0.05, 0) is 24.3 Å². The van der Waals surface area contributed by atoms with Crippen LogP contribution in [-0.2, 0) is 2.14 Å². The van der Waals surface area contributed by atoms with E-state index in [4.69, 9.17) is 23.2 Å². The van der Waals surface area contributed by atoms with Crippen LogP contribution in [0.4, 0.5) is 0 Å². The summed E-state index contributed by atoms with van der Waals surface area (Å²) in [6.45, 7) is 0. The Kier molecular flexibility index (Phi) is 3.87. The molecule has 1 aromatic heterocycles. The van der Waals surface area contributed by atoms with Crippen molar-refractivity contribution in [1.82, 2.24) is 4.98 Å². The molecule has 1 heterocycles. The summed E-state index contributed by atoms with van der Waals surface area (Å²) in [6, 6.07) is 7.22. The minimum absolute atomic E-state index is 0.576. The molecule has 0 unspecified atom stereocenters. The molecule has 0 aliphatic rings. The third kappa shape index (κ3) is 2.72. The maximum atomic E-state index is 6.17. The lowest BCUT2D eigenvalue weighted by atomic mass is 10.2. The second kappa shape index (κ2) is 4.73. The molecule has 2 aromatic rings. The van der Waals surface area contributed by atoms with Crippen molar-refractivity contribution in [2.75, 3.05) is 0 Å². The van der Waals surface area contributed by atoms with E-state index in [1.54, 1.807) is 18.2 Å². The highest BCUT2D eigenvalue weighted by atomic mass is 80.0. The molecule has 6 heteroatoms. The molecule has 16 heavy (non-hydrogen) atoms. The molecule has 0 N–H and O–H groups in total. The zero-order valence-corrected chi connectivity index (χ0v) is 13.9.